The molecule has 0 aliphatic rings. The van der Waals surface area contributed by atoms with Gasteiger partial charge >= 0.3 is 11.9 Å². The lowest BCUT2D eigenvalue weighted by atomic mass is 10.00. The Labute approximate surface area is 132 Å². The summed E-state index contributed by atoms with van der Waals surface area (Å²) >= 11 is 0. The number of hydrogen-bond donors (Lipinski definition) is 1. The number of aryl methyl sites for hydroxylation is 2. The summed E-state index contributed by atoms with van der Waals surface area (Å²) in [5.41, 5.74) is 3.56. The number of hydrogen-bond acceptors (Lipinski definition) is 3. The van der Waals surface area contributed by atoms with Crippen LogP contribution in [0.25, 0.3) is 0 Å². The van der Waals surface area contributed by atoms with E-state index in [1.54, 1.807) is 0 Å². The number of rotatable bonds is 10. The van der Waals surface area contributed by atoms with Gasteiger partial charge in [-0.15, -0.1) is 0 Å². The molecule has 0 saturated heterocycles. The molecule has 0 fully saturated rings. The molecule has 0 spiro atoms. The molecule has 0 aliphatic heterocycles. The van der Waals surface area contributed by atoms with E-state index >= 15 is 0 Å². The van der Waals surface area contributed by atoms with Gasteiger partial charge < -0.3 is 9.84 Å². The van der Waals surface area contributed by atoms with E-state index in [9.17, 15) is 9.59 Å². The van der Waals surface area contributed by atoms with Crippen LogP contribution in [-0.2, 0) is 33.8 Å². The highest BCUT2D eigenvalue weighted by Crippen LogP contribution is 2.16. The molecule has 0 heterocycles. The third-order valence-corrected chi connectivity index (χ3v) is 3.61. The molecule has 1 aromatic carbocycles. The van der Waals surface area contributed by atoms with Gasteiger partial charge in [0.05, 0.1) is 0 Å². The number of carbonyl (C=O) groups excluding carboxylic acids is 1. The van der Waals surface area contributed by atoms with Crippen LogP contribution in [0.4, 0.5) is 0 Å². The van der Waals surface area contributed by atoms with Crippen LogP contribution in [0.3, 0.4) is 0 Å². The Bertz CT molecular complexity index is 494. The number of unbranched alkanes of at least 4 members (excludes halogenated alkanes) is 1. The van der Waals surface area contributed by atoms with E-state index < -0.39 is 5.97 Å². The largest absolute Gasteiger partial charge is 0.481 e. The Kier molecular flexibility index (Phi) is 8.26. The number of esters is 1. The lowest BCUT2D eigenvalue weighted by Gasteiger charge is -2.11. The van der Waals surface area contributed by atoms with E-state index in [1.165, 1.54) is 11.1 Å². The molecule has 0 aromatic heterocycles. The standard InChI is InChI=1S/C18H26O4/c1-3-7-15-11-10-14(4-2)12-16(15)13-22-18(21)9-6-5-8-17(19)20/h10-12H,3-9,13H2,1-2H3,(H,19,20). The lowest BCUT2D eigenvalue weighted by Crippen LogP contribution is -2.07. The van der Waals surface area contributed by atoms with E-state index in [2.05, 4.69) is 32.0 Å². The maximum atomic E-state index is 11.7. The number of ether oxygens (including phenoxy) is 1. The molecule has 0 unspecified atom stereocenters. The third kappa shape index (κ3) is 6.74. The molecule has 0 saturated carbocycles. The number of benzene rings is 1. The number of carbonyl (C=O) groups is 2. The van der Waals surface area contributed by atoms with Crippen LogP contribution < -0.4 is 0 Å². The maximum absolute atomic E-state index is 11.7. The summed E-state index contributed by atoms with van der Waals surface area (Å²) in [7, 11) is 0. The fraction of sp³-hybridized carbons (Fsp3) is 0.556. The van der Waals surface area contributed by atoms with E-state index in [4.69, 9.17) is 9.84 Å². The Hall–Kier alpha value is -1.84. The summed E-state index contributed by atoms with van der Waals surface area (Å²) < 4.78 is 5.34. The fourth-order valence-electron chi connectivity index (χ4n) is 2.32. The zero-order valence-electron chi connectivity index (χ0n) is 13.6. The molecule has 0 amide bonds. The van der Waals surface area contributed by atoms with Crippen LogP contribution in [0.5, 0.6) is 0 Å². The van der Waals surface area contributed by atoms with Gasteiger partial charge in [0.1, 0.15) is 6.61 Å². The van der Waals surface area contributed by atoms with Crippen LogP contribution in [0.1, 0.15) is 62.6 Å². The Morgan fingerprint density at radius 2 is 1.82 bits per heavy atom. The normalized spacial score (nSPS) is 10.5. The lowest BCUT2D eigenvalue weighted by molar-refractivity contribution is -0.145. The van der Waals surface area contributed by atoms with E-state index in [1.807, 2.05) is 0 Å². The highest BCUT2D eigenvalue weighted by Gasteiger charge is 2.08. The van der Waals surface area contributed by atoms with Crippen molar-refractivity contribution in [3.63, 3.8) is 0 Å². The Morgan fingerprint density at radius 3 is 2.45 bits per heavy atom. The van der Waals surface area contributed by atoms with Gasteiger partial charge in [0.25, 0.3) is 0 Å². The van der Waals surface area contributed by atoms with Gasteiger partial charge in [-0.3, -0.25) is 9.59 Å². The smallest absolute Gasteiger partial charge is 0.306 e. The molecular formula is C18H26O4. The zero-order valence-corrected chi connectivity index (χ0v) is 13.6. The average Bonchev–Trinajstić information content (AvgIpc) is 2.50. The van der Waals surface area contributed by atoms with Crippen LogP contribution in [0.15, 0.2) is 18.2 Å². The fourth-order valence-corrected chi connectivity index (χ4v) is 2.32. The number of aliphatic carboxylic acids is 1. The second-order valence-electron chi connectivity index (χ2n) is 5.47. The van der Waals surface area contributed by atoms with Crippen molar-refractivity contribution in [1.82, 2.24) is 0 Å². The monoisotopic (exact) mass is 306 g/mol. The van der Waals surface area contributed by atoms with Crippen molar-refractivity contribution < 1.29 is 19.4 Å². The highest BCUT2D eigenvalue weighted by atomic mass is 16.5. The minimum Gasteiger partial charge on any atom is -0.481 e. The molecule has 0 bridgehead atoms. The topological polar surface area (TPSA) is 63.6 Å². The molecule has 4 nitrogen and oxygen atoms in total. The van der Waals surface area contributed by atoms with E-state index in [0.29, 0.717) is 19.4 Å². The van der Waals surface area contributed by atoms with Gasteiger partial charge in [0, 0.05) is 12.8 Å². The predicted molar refractivity (Wildman–Crippen MR) is 85.7 cm³/mol. The van der Waals surface area contributed by atoms with Crippen LogP contribution in [0, 0.1) is 0 Å². The molecule has 0 aliphatic carbocycles. The van der Waals surface area contributed by atoms with Crippen molar-refractivity contribution in [3.8, 4) is 0 Å². The van der Waals surface area contributed by atoms with Crippen molar-refractivity contribution in [2.45, 2.75) is 65.4 Å². The predicted octanol–water partition coefficient (Wildman–Crippen LogP) is 3.89. The molecule has 1 N–H and O–H groups in total. The van der Waals surface area contributed by atoms with Gasteiger partial charge in [-0.2, -0.15) is 0 Å². The summed E-state index contributed by atoms with van der Waals surface area (Å²) in [6.07, 6.45) is 4.45. The highest BCUT2D eigenvalue weighted by molar-refractivity contribution is 5.69. The van der Waals surface area contributed by atoms with Crippen LogP contribution in [-0.4, -0.2) is 17.0 Å². The van der Waals surface area contributed by atoms with Crippen molar-refractivity contribution >= 4 is 11.9 Å². The molecule has 1 rings (SSSR count). The van der Waals surface area contributed by atoms with E-state index in [-0.39, 0.29) is 18.8 Å². The van der Waals surface area contributed by atoms with E-state index in [0.717, 1.165) is 24.8 Å². The van der Waals surface area contributed by atoms with Crippen molar-refractivity contribution in [2.24, 2.45) is 0 Å². The minimum atomic E-state index is -0.825. The SMILES string of the molecule is CCCc1ccc(CC)cc1COC(=O)CCCCC(=O)O. The maximum Gasteiger partial charge on any atom is 0.306 e. The summed E-state index contributed by atoms with van der Waals surface area (Å²) in [6.45, 7) is 4.54. The van der Waals surface area contributed by atoms with Gasteiger partial charge in [-0.05, 0) is 42.4 Å². The third-order valence-electron chi connectivity index (χ3n) is 3.61. The second kappa shape index (κ2) is 9.98. The summed E-state index contributed by atoms with van der Waals surface area (Å²) in [5, 5.41) is 8.54. The zero-order chi connectivity index (χ0) is 16.4. The second-order valence-corrected chi connectivity index (χ2v) is 5.47. The number of carboxylic acid groups (broad SMARTS) is 1. The molecular weight excluding hydrogens is 280 g/mol. The molecule has 4 heteroatoms. The molecule has 0 radical (unpaired) electrons. The van der Waals surface area contributed by atoms with Gasteiger partial charge in [0.2, 0.25) is 0 Å². The van der Waals surface area contributed by atoms with Gasteiger partial charge in [-0.25, -0.2) is 0 Å². The number of carboxylic acids is 1. The first kappa shape index (κ1) is 18.2. The Morgan fingerprint density at radius 1 is 1.09 bits per heavy atom. The first-order valence-electron chi connectivity index (χ1n) is 8.04. The summed E-state index contributed by atoms with van der Waals surface area (Å²) in [5.74, 6) is -1.08. The molecule has 122 valence electrons. The minimum absolute atomic E-state index is 0.104. The first-order valence-corrected chi connectivity index (χ1v) is 8.04. The van der Waals surface area contributed by atoms with Crippen molar-refractivity contribution in [3.05, 3.63) is 34.9 Å². The molecule has 1 aromatic rings. The molecule has 0 atom stereocenters. The van der Waals surface area contributed by atoms with Crippen LogP contribution in [0.2, 0.25) is 0 Å². The molecule has 22 heavy (non-hydrogen) atoms. The summed E-state index contributed by atoms with van der Waals surface area (Å²) in [4.78, 5) is 22.1. The Balaban J connectivity index is 2.48. The van der Waals surface area contributed by atoms with Crippen molar-refractivity contribution in [1.29, 1.82) is 0 Å². The van der Waals surface area contributed by atoms with Gasteiger partial charge in [0.15, 0.2) is 0 Å². The van der Waals surface area contributed by atoms with Gasteiger partial charge in [-0.1, -0.05) is 38.5 Å². The first-order chi connectivity index (χ1) is 10.6. The van der Waals surface area contributed by atoms with Crippen molar-refractivity contribution in [2.75, 3.05) is 0 Å². The average molecular weight is 306 g/mol. The van der Waals surface area contributed by atoms with Crippen LogP contribution >= 0.6 is 0 Å². The summed E-state index contributed by atoms with van der Waals surface area (Å²) in [6, 6.07) is 6.36. The quantitative estimate of drug-likeness (QED) is 0.526.